The summed E-state index contributed by atoms with van der Waals surface area (Å²) in [5, 5.41) is 9.46. The molecular weight excluding hydrogens is 278 g/mol. The van der Waals surface area contributed by atoms with Crippen molar-refractivity contribution in [2.75, 3.05) is 32.8 Å². The molecule has 0 radical (unpaired) electrons. The van der Waals surface area contributed by atoms with E-state index in [1.807, 2.05) is 18.2 Å². The first-order chi connectivity index (χ1) is 9.75. The Morgan fingerprint density at radius 2 is 2.30 bits per heavy atom. The minimum Gasteiger partial charge on any atom is -0.493 e. The molecular formula is C15H18ClNO3. The Morgan fingerprint density at radius 3 is 2.90 bits per heavy atom. The number of ether oxygens (including phenoxy) is 3. The zero-order valence-electron chi connectivity index (χ0n) is 11.5. The maximum absolute atomic E-state index is 9.46. The number of halogens is 1. The van der Waals surface area contributed by atoms with Crippen LogP contribution in [0.5, 0.6) is 11.5 Å². The van der Waals surface area contributed by atoms with Crippen LogP contribution in [0.15, 0.2) is 18.2 Å². The number of methoxy groups -OCH3 is 1. The van der Waals surface area contributed by atoms with Crippen molar-refractivity contribution in [1.29, 1.82) is 5.26 Å². The first kappa shape index (κ1) is 15.0. The number of alkyl halides is 1. The lowest BCUT2D eigenvalue weighted by Crippen LogP contribution is -2.24. The topological polar surface area (TPSA) is 51.5 Å². The molecule has 0 N–H and O–H groups in total. The van der Waals surface area contributed by atoms with Crippen molar-refractivity contribution in [3.05, 3.63) is 23.8 Å². The standard InChI is InChI=1S/C15H18ClNO3/c1-18-14-9-12(15(10-17)5-8-19-11-15)3-4-13(14)20-7-2-6-16/h3-4,9H,2,5-8,11H2,1H3. The minimum absolute atomic E-state index is 0.430. The molecule has 20 heavy (non-hydrogen) atoms. The van der Waals surface area contributed by atoms with Gasteiger partial charge in [-0.25, -0.2) is 0 Å². The van der Waals surface area contributed by atoms with Crippen molar-refractivity contribution < 1.29 is 14.2 Å². The van der Waals surface area contributed by atoms with Gasteiger partial charge in [0, 0.05) is 12.5 Å². The number of nitriles is 1. The van der Waals surface area contributed by atoms with Crippen LogP contribution >= 0.6 is 11.6 Å². The molecule has 2 rings (SSSR count). The Morgan fingerprint density at radius 1 is 1.45 bits per heavy atom. The summed E-state index contributed by atoms with van der Waals surface area (Å²) in [6.45, 7) is 1.59. The third-order valence-corrected chi connectivity index (χ3v) is 3.75. The van der Waals surface area contributed by atoms with Crippen LogP contribution in [0.3, 0.4) is 0 Å². The van der Waals surface area contributed by atoms with Crippen molar-refractivity contribution >= 4 is 11.6 Å². The van der Waals surface area contributed by atoms with Crippen LogP contribution in [-0.2, 0) is 10.2 Å². The monoisotopic (exact) mass is 295 g/mol. The zero-order valence-corrected chi connectivity index (χ0v) is 12.3. The van der Waals surface area contributed by atoms with Gasteiger partial charge in [-0.15, -0.1) is 11.6 Å². The quantitative estimate of drug-likeness (QED) is 0.598. The van der Waals surface area contributed by atoms with Crippen molar-refractivity contribution in [1.82, 2.24) is 0 Å². The number of hydrogen-bond acceptors (Lipinski definition) is 4. The molecule has 1 aliphatic heterocycles. The number of benzene rings is 1. The SMILES string of the molecule is COc1cc(C2(C#N)CCOC2)ccc1OCCCCl. The molecule has 1 heterocycles. The van der Waals surface area contributed by atoms with Gasteiger partial charge < -0.3 is 14.2 Å². The highest BCUT2D eigenvalue weighted by Gasteiger charge is 2.37. The second-order valence-electron chi connectivity index (χ2n) is 4.75. The van der Waals surface area contributed by atoms with Gasteiger partial charge in [-0.3, -0.25) is 0 Å². The first-order valence-corrected chi connectivity index (χ1v) is 7.15. The predicted octanol–water partition coefficient (Wildman–Crippen LogP) is 2.88. The Balaban J connectivity index is 2.22. The zero-order chi connectivity index (χ0) is 14.4. The summed E-state index contributed by atoms with van der Waals surface area (Å²) in [6.07, 6.45) is 1.49. The Hall–Kier alpha value is -1.44. The van der Waals surface area contributed by atoms with Crippen molar-refractivity contribution in [3.8, 4) is 17.6 Å². The largest absolute Gasteiger partial charge is 0.493 e. The second kappa shape index (κ2) is 6.83. The Labute approximate surface area is 124 Å². The summed E-state index contributed by atoms with van der Waals surface area (Å²) in [7, 11) is 1.59. The molecule has 0 aromatic heterocycles. The van der Waals surface area contributed by atoms with Gasteiger partial charge in [-0.1, -0.05) is 6.07 Å². The third kappa shape index (κ3) is 3.00. The molecule has 0 spiro atoms. The first-order valence-electron chi connectivity index (χ1n) is 6.62. The highest BCUT2D eigenvalue weighted by atomic mass is 35.5. The van der Waals surface area contributed by atoms with Crippen LogP contribution in [0.25, 0.3) is 0 Å². The second-order valence-corrected chi connectivity index (χ2v) is 5.13. The minimum atomic E-state index is -0.568. The van der Waals surface area contributed by atoms with E-state index in [0.717, 1.165) is 12.0 Å². The predicted molar refractivity (Wildman–Crippen MR) is 76.6 cm³/mol. The molecule has 1 aromatic rings. The van der Waals surface area contributed by atoms with Crippen molar-refractivity contribution in [2.24, 2.45) is 0 Å². The van der Waals surface area contributed by atoms with Crippen LogP contribution in [0, 0.1) is 11.3 Å². The molecule has 1 aromatic carbocycles. The fourth-order valence-electron chi connectivity index (χ4n) is 2.27. The van der Waals surface area contributed by atoms with E-state index in [4.69, 9.17) is 25.8 Å². The fraction of sp³-hybridized carbons (Fsp3) is 0.533. The van der Waals surface area contributed by atoms with E-state index >= 15 is 0 Å². The van der Waals surface area contributed by atoms with Gasteiger partial charge >= 0.3 is 0 Å². The molecule has 108 valence electrons. The van der Waals surface area contributed by atoms with E-state index in [0.29, 0.717) is 43.6 Å². The molecule has 0 bridgehead atoms. The highest BCUT2D eigenvalue weighted by molar-refractivity contribution is 6.17. The van der Waals surface area contributed by atoms with Gasteiger partial charge in [-0.05, 0) is 30.5 Å². The van der Waals surface area contributed by atoms with E-state index in [-0.39, 0.29) is 0 Å². The van der Waals surface area contributed by atoms with Crippen molar-refractivity contribution in [3.63, 3.8) is 0 Å². The molecule has 1 aliphatic rings. The summed E-state index contributed by atoms with van der Waals surface area (Å²) in [5.74, 6) is 1.88. The summed E-state index contributed by atoms with van der Waals surface area (Å²) in [6, 6.07) is 8.01. The molecule has 4 nitrogen and oxygen atoms in total. The Kier molecular flexibility index (Phi) is 5.11. The summed E-state index contributed by atoms with van der Waals surface area (Å²) in [4.78, 5) is 0. The van der Waals surface area contributed by atoms with Gasteiger partial charge in [0.15, 0.2) is 11.5 Å². The maximum Gasteiger partial charge on any atom is 0.161 e. The smallest absolute Gasteiger partial charge is 0.161 e. The number of rotatable bonds is 6. The van der Waals surface area contributed by atoms with Crippen LogP contribution in [-0.4, -0.2) is 32.8 Å². The fourth-order valence-corrected chi connectivity index (χ4v) is 2.38. The maximum atomic E-state index is 9.46. The van der Waals surface area contributed by atoms with Gasteiger partial charge in [0.05, 0.1) is 26.4 Å². The van der Waals surface area contributed by atoms with Gasteiger partial charge in [0.2, 0.25) is 0 Å². The van der Waals surface area contributed by atoms with E-state index in [1.165, 1.54) is 0 Å². The molecule has 1 fully saturated rings. The van der Waals surface area contributed by atoms with Gasteiger partial charge in [0.25, 0.3) is 0 Å². The average Bonchev–Trinajstić information content (AvgIpc) is 2.98. The highest BCUT2D eigenvalue weighted by Crippen LogP contribution is 2.37. The molecule has 1 unspecified atom stereocenters. The lowest BCUT2D eigenvalue weighted by Gasteiger charge is -2.20. The van der Waals surface area contributed by atoms with Crippen LogP contribution < -0.4 is 9.47 Å². The third-order valence-electron chi connectivity index (χ3n) is 3.49. The van der Waals surface area contributed by atoms with Gasteiger partial charge in [0.1, 0.15) is 5.41 Å². The van der Waals surface area contributed by atoms with E-state index < -0.39 is 5.41 Å². The number of nitrogens with zero attached hydrogens (tertiary/aromatic N) is 1. The van der Waals surface area contributed by atoms with E-state index in [2.05, 4.69) is 6.07 Å². The van der Waals surface area contributed by atoms with E-state index in [9.17, 15) is 5.26 Å². The summed E-state index contributed by atoms with van der Waals surface area (Å²) >= 11 is 5.63. The Bertz CT molecular complexity index is 492. The van der Waals surface area contributed by atoms with Crippen LogP contribution in [0.2, 0.25) is 0 Å². The average molecular weight is 296 g/mol. The van der Waals surface area contributed by atoms with E-state index in [1.54, 1.807) is 7.11 Å². The molecule has 5 heteroatoms. The molecule has 1 saturated heterocycles. The normalized spacial score (nSPS) is 21.4. The number of hydrogen-bond donors (Lipinski definition) is 0. The van der Waals surface area contributed by atoms with Crippen molar-refractivity contribution in [2.45, 2.75) is 18.3 Å². The van der Waals surface area contributed by atoms with Gasteiger partial charge in [-0.2, -0.15) is 5.26 Å². The molecule has 1 atom stereocenters. The molecule has 0 amide bonds. The van der Waals surface area contributed by atoms with Crippen LogP contribution in [0.1, 0.15) is 18.4 Å². The molecule has 0 saturated carbocycles. The lowest BCUT2D eigenvalue weighted by molar-refractivity contribution is 0.186. The summed E-state index contributed by atoms with van der Waals surface area (Å²) in [5.41, 5.74) is 0.348. The summed E-state index contributed by atoms with van der Waals surface area (Å²) < 4.78 is 16.4. The van der Waals surface area contributed by atoms with Crippen LogP contribution in [0.4, 0.5) is 0 Å². The lowest BCUT2D eigenvalue weighted by atomic mass is 9.81. The molecule has 0 aliphatic carbocycles.